The second-order valence-electron chi connectivity index (χ2n) is 11.6. The molecule has 1 heterocycles. The first-order valence-corrected chi connectivity index (χ1v) is 14.5. The monoisotopic (exact) mass is 537 g/mol. The number of unbranched alkanes of at least 4 members (excludes halogenated alkanes) is 2. The summed E-state index contributed by atoms with van der Waals surface area (Å²) in [5.74, 6) is 0.966. The smallest absolute Gasteiger partial charge is 0.224 e. The Morgan fingerprint density at radius 3 is 2.48 bits per heavy atom. The predicted molar refractivity (Wildman–Crippen MR) is 164 cm³/mol. The molecule has 0 aliphatic carbocycles. The maximum Gasteiger partial charge on any atom is 0.224 e. The zero-order valence-corrected chi connectivity index (χ0v) is 24.4. The van der Waals surface area contributed by atoms with Gasteiger partial charge < -0.3 is 14.6 Å². The number of carbonyl (C=O) groups excluding carboxylic acids is 1. The minimum atomic E-state index is -0.103. The standard InChI is InChI=1S/C35H43N3O2/c1-5-6-8-15-29(30-16-11-12-17-33(30)40-25-27-13-9-7-10-14-27)23-34(39)37-32-22-28(24-38-21-20-36-26-38)18-19-31(32)35(2,3)4/h7,9-14,16-22,26,29H,5-6,8,15,23-25H2,1-4H3,(H,37,39). The third-order valence-electron chi connectivity index (χ3n) is 7.27. The molecule has 0 spiro atoms. The summed E-state index contributed by atoms with van der Waals surface area (Å²) in [6.07, 6.45) is 10.3. The molecule has 0 aliphatic rings. The van der Waals surface area contributed by atoms with Crippen LogP contribution in [0.4, 0.5) is 5.69 Å². The van der Waals surface area contributed by atoms with Gasteiger partial charge >= 0.3 is 0 Å². The number of benzene rings is 3. The largest absolute Gasteiger partial charge is 0.489 e. The van der Waals surface area contributed by atoms with Crippen LogP contribution in [-0.4, -0.2) is 15.5 Å². The number of nitrogens with zero attached hydrogens (tertiary/aromatic N) is 2. The van der Waals surface area contributed by atoms with Crippen molar-refractivity contribution in [3.8, 4) is 5.75 Å². The molecular weight excluding hydrogens is 494 g/mol. The molecule has 1 unspecified atom stereocenters. The van der Waals surface area contributed by atoms with E-state index in [2.05, 4.69) is 74.4 Å². The minimum Gasteiger partial charge on any atom is -0.489 e. The average molecular weight is 538 g/mol. The number of amides is 1. The van der Waals surface area contributed by atoms with Crippen molar-refractivity contribution in [3.63, 3.8) is 0 Å². The van der Waals surface area contributed by atoms with E-state index in [-0.39, 0.29) is 17.2 Å². The van der Waals surface area contributed by atoms with Crippen LogP contribution in [0.15, 0.2) is 91.5 Å². The molecule has 1 aromatic heterocycles. The zero-order chi connectivity index (χ0) is 28.4. The molecule has 210 valence electrons. The van der Waals surface area contributed by atoms with Crippen molar-refractivity contribution < 1.29 is 9.53 Å². The van der Waals surface area contributed by atoms with Crippen LogP contribution in [0.2, 0.25) is 0 Å². The highest BCUT2D eigenvalue weighted by Gasteiger charge is 2.23. The summed E-state index contributed by atoms with van der Waals surface area (Å²) in [6, 6.07) is 24.8. The van der Waals surface area contributed by atoms with Gasteiger partial charge in [0, 0.05) is 31.0 Å². The SMILES string of the molecule is CCCCCC(CC(=O)Nc1cc(Cn2ccnc2)ccc1C(C)(C)C)c1ccccc1OCc1ccccc1. The van der Waals surface area contributed by atoms with Gasteiger partial charge in [-0.25, -0.2) is 4.98 Å². The lowest BCUT2D eigenvalue weighted by atomic mass is 9.85. The zero-order valence-electron chi connectivity index (χ0n) is 24.4. The maximum atomic E-state index is 13.7. The molecule has 0 saturated carbocycles. The Labute approximate surface area is 239 Å². The topological polar surface area (TPSA) is 56.2 Å². The lowest BCUT2D eigenvalue weighted by molar-refractivity contribution is -0.116. The fourth-order valence-electron chi connectivity index (χ4n) is 5.16. The van der Waals surface area contributed by atoms with Crippen LogP contribution in [0.1, 0.15) is 88.0 Å². The molecule has 0 fully saturated rings. The highest BCUT2D eigenvalue weighted by atomic mass is 16.5. The van der Waals surface area contributed by atoms with Crippen LogP contribution in [0.5, 0.6) is 5.75 Å². The highest BCUT2D eigenvalue weighted by Crippen LogP contribution is 2.35. The van der Waals surface area contributed by atoms with E-state index in [1.54, 1.807) is 6.20 Å². The molecule has 0 radical (unpaired) electrons. The molecule has 5 nitrogen and oxygen atoms in total. The second-order valence-corrected chi connectivity index (χ2v) is 11.6. The Morgan fingerprint density at radius 1 is 0.975 bits per heavy atom. The molecule has 1 N–H and O–H groups in total. The van der Waals surface area contributed by atoms with Crippen molar-refractivity contribution in [2.45, 2.75) is 84.3 Å². The summed E-state index contributed by atoms with van der Waals surface area (Å²) in [6.45, 7) is 9.97. The molecule has 4 rings (SSSR count). The van der Waals surface area contributed by atoms with E-state index in [1.807, 2.05) is 53.5 Å². The normalized spacial score (nSPS) is 12.2. The van der Waals surface area contributed by atoms with E-state index in [1.165, 1.54) is 0 Å². The maximum absolute atomic E-state index is 13.7. The Bertz CT molecular complexity index is 1340. The Balaban J connectivity index is 1.54. The molecule has 4 aromatic rings. The van der Waals surface area contributed by atoms with Gasteiger partial charge in [0.2, 0.25) is 5.91 Å². The number of rotatable bonds is 13. The number of anilines is 1. The summed E-state index contributed by atoms with van der Waals surface area (Å²) in [5.41, 5.74) is 5.27. The van der Waals surface area contributed by atoms with E-state index in [9.17, 15) is 4.79 Å². The Kier molecular flexibility index (Phi) is 10.2. The number of hydrogen-bond donors (Lipinski definition) is 1. The third kappa shape index (κ3) is 8.32. The number of para-hydroxylation sites is 1. The number of imidazole rings is 1. The van der Waals surface area contributed by atoms with Crippen molar-refractivity contribution in [1.29, 1.82) is 0 Å². The number of hydrogen-bond acceptors (Lipinski definition) is 3. The molecular formula is C35H43N3O2. The Morgan fingerprint density at radius 2 is 1.75 bits per heavy atom. The van der Waals surface area contributed by atoms with Crippen LogP contribution in [0, 0.1) is 0 Å². The number of ether oxygens (including phenoxy) is 1. The number of aromatic nitrogens is 2. The van der Waals surface area contributed by atoms with Crippen LogP contribution in [0.3, 0.4) is 0 Å². The van der Waals surface area contributed by atoms with Crippen LogP contribution >= 0.6 is 0 Å². The Hall–Kier alpha value is -3.86. The van der Waals surface area contributed by atoms with Crippen molar-refractivity contribution >= 4 is 11.6 Å². The number of carbonyl (C=O) groups is 1. The van der Waals surface area contributed by atoms with E-state index in [0.29, 0.717) is 19.6 Å². The van der Waals surface area contributed by atoms with Gasteiger partial charge in [-0.05, 0) is 52.1 Å². The van der Waals surface area contributed by atoms with Crippen molar-refractivity contribution in [1.82, 2.24) is 9.55 Å². The average Bonchev–Trinajstić information content (AvgIpc) is 3.45. The second kappa shape index (κ2) is 14.0. The van der Waals surface area contributed by atoms with Gasteiger partial charge in [0.1, 0.15) is 12.4 Å². The van der Waals surface area contributed by atoms with Crippen LogP contribution in [0.25, 0.3) is 0 Å². The van der Waals surface area contributed by atoms with Gasteiger partial charge in [0.05, 0.1) is 6.33 Å². The first-order chi connectivity index (χ1) is 19.3. The molecule has 3 aromatic carbocycles. The minimum absolute atomic E-state index is 0.0321. The van der Waals surface area contributed by atoms with E-state index < -0.39 is 0 Å². The summed E-state index contributed by atoms with van der Waals surface area (Å²) in [7, 11) is 0. The van der Waals surface area contributed by atoms with E-state index >= 15 is 0 Å². The van der Waals surface area contributed by atoms with Crippen molar-refractivity contribution in [2.24, 2.45) is 0 Å². The van der Waals surface area contributed by atoms with Crippen LogP contribution < -0.4 is 10.1 Å². The molecule has 0 saturated heterocycles. The summed E-state index contributed by atoms with van der Waals surface area (Å²) >= 11 is 0. The van der Waals surface area contributed by atoms with E-state index in [4.69, 9.17) is 4.74 Å². The fourth-order valence-corrected chi connectivity index (χ4v) is 5.16. The molecule has 1 atom stereocenters. The van der Waals surface area contributed by atoms with Crippen molar-refractivity contribution in [2.75, 3.05) is 5.32 Å². The van der Waals surface area contributed by atoms with Crippen molar-refractivity contribution in [3.05, 3.63) is 114 Å². The van der Waals surface area contributed by atoms with Gasteiger partial charge in [-0.2, -0.15) is 0 Å². The molecule has 0 aliphatic heterocycles. The van der Waals surface area contributed by atoms with Gasteiger partial charge in [-0.3, -0.25) is 4.79 Å². The first kappa shape index (κ1) is 29.1. The lowest BCUT2D eigenvalue weighted by Crippen LogP contribution is -2.21. The highest BCUT2D eigenvalue weighted by molar-refractivity contribution is 5.92. The van der Waals surface area contributed by atoms with Gasteiger partial charge in [0.25, 0.3) is 0 Å². The quantitative estimate of drug-likeness (QED) is 0.174. The van der Waals surface area contributed by atoms with Gasteiger partial charge in [-0.1, -0.05) is 108 Å². The van der Waals surface area contributed by atoms with E-state index in [0.717, 1.165) is 59.4 Å². The summed E-state index contributed by atoms with van der Waals surface area (Å²) in [5, 5.41) is 3.30. The molecule has 0 bridgehead atoms. The van der Waals surface area contributed by atoms with Gasteiger partial charge in [0.15, 0.2) is 0 Å². The summed E-state index contributed by atoms with van der Waals surface area (Å²) < 4.78 is 8.34. The number of nitrogens with one attached hydrogen (secondary N) is 1. The first-order valence-electron chi connectivity index (χ1n) is 14.5. The molecule has 1 amide bonds. The predicted octanol–water partition coefficient (Wildman–Crippen LogP) is 8.50. The lowest BCUT2D eigenvalue weighted by Gasteiger charge is -2.25. The third-order valence-corrected chi connectivity index (χ3v) is 7.27. The fraction of sp³-hybridized carbons (Fsp3) is 0.371. The van der Waals surface area contributed by atoms with Crippen LogP contribution in [-0.2, 0) is 23.4 Å². The summed E-state index contributed by atoms with van der Waals surface area (Å²) in [4.78, 5) is 17.8. The van der Waals surface area contributed by atoms with Gasteiger partial charge in [-0.15, -0.1) is 0 Å². The molecule has 40 heavy (non-hydrogen) atoms. The molecule has 5 heteroatoms.